The average molecular weight is 318 g/mol. The third-order valence-electron chi connectivity index (χ3n) is 2.72. The van der Waals surface area contributed by atoms with E-state index in [1.807, 2.05) is 37.3 Å². The molecule has 0 atom stereocenters. The second-order valence-corrected chi connectivity index (χ2v) is 4.99. The van der Waals surface area contributed by atoms with Crippen LogP contribution in [0.3, 0.4) is 0 Å². The van der Waals surface area contributed by atoms with Gasteiger partial charge in [-0.15, -0.1) is 0 Å². The van der Waals surface area contributed by atoms with Gasteiger partial charge in [0.2, 0.25) is 0 Å². The van der Waals surface area contributed by atoms with Crippen molar-refractivity contribution in [2.45, 2.75) is 6.92 Å². The molecular weight excluding hydrogens is 306 g/mol. The van der Waals surface area contributed by atoms with Crippen molar-refractivity contribution in [3.63, 3.8) is 0 Å². The van der Waals surface area contributed by atoms with E-state index in [2.05, 4.69) is 30.9 Å². The zero-order chi connectivity index (χ0) is 13.2. The van der Waals surface area contributed by atoms with E-state index in [4.69, 9.17) is 4.74 Å². The molecule has 2 heterocycles. The van der Waals surface area contributed by atoms with Crippen LogP contribution in [0.2, 0.25) is 0 Å². The third kappa shape index (κ3) is 2.46. The number of pyridine rings is 1. The Bertz CT molecular complexity index is 724. The number of aromatic nitrogens is 3. The summed E-state index contributed by atoms with van der Waals surface area (Å²) in [4.78, 5) is 12.0. The molecule has 0 spiro atoms. The van der Waals surface area contributed by atoms with Crippen molar-refractivity contribution in [1.29, 1.82) is 0 Å². The highest BCUT2D eigenvalue weighted by Gasteiger charge is 2.07. The van der Waals surface area contributed by atoms with E-state index in [1.54, 1.807) is 6.20 Å². The smallest absolute Gasteiger partial charge is 0.178 e. The van der Waals surface area contributed by atoms with Crippen molar-refractivity contribution in [2.75, 3.05) is 6.61 Å². The van der Waals surface area contributed by atoms with E-state index in [0.29, 0.717) is 12.3 Å². The van der Waals surface area contributed by atoms with Crippen molar-refractivity contribution in [3.05, 3.63) is 41.0 Å². The maximum atomic E-state index is 5.50. The third-order valence-corrected chi connectivity index (χ3v) is 3.16. The molecule has 5 heteroatoms. The van der Waals surface area contributed by atoms with Crippen LogP contribution >= 0.6 is 15.9 Å². The second kappa shape index (κ2) is 5.01. The highest BCUT2D eigenvalue weighted by atomic mass is 79.9. The van der Waals surface area contributed by atoms with Gasteiger partial charge < -0.3 is 9.72 Å². The first-order valence-electron chi connectivity index (χ1n) is 6.01. The number of halogens is 1. The lowest BCUT2D eigenvalue weighted by Crippen LogP contribution is -1.91. The molecule has 0 aliphatic heterocycles. The second-order valence-electron chi connectivity index (χ2n) is 4.07. The number of imidazole rings is 1. The van der Waals surface area contributed by atoms with Crippen molar-refractivity contribution in [1.82, 2.24) is 15.0 Å². The molecule has 0 radical (unpaired) electrons. The van der Waals surface area contributed by atoms with Gasteiger partial charge in [-0.1, -0.05) is 12.1 Å². The van der Waals surface area contributed by atoms with Gasteiger partial charge in [0.25, 0.3) is 0 Å². The lowest BCUT2D eigenvalue weighted by atomic mass is 10.2. The Morgan fingerprint density at radius 1 is 1.32 bits per heavy atom. The minimum Gasteiger partial charge on any atom is -0.494 e. The predicted octanol–water partition coefficient (Wildman–Crippen LogP) is 3.79. The van der Waals surface area contributed by atoms with Gasteiger partial charge in [0.15, 0.2) is 5.65 Å². The van der Waals surface area contributed by atoms with Crippen molar-refractivity contribution in [3.8, 4) is 17.1 Å². The Labute approximate surface area is 119 Å². The van der Waals surface area contributed by atoms with Crippen LogP contribution in [0, 0.1) is 0 Å². The zero-order valence-electron chi connectivity index (χ0n) is 10.4. The van der Waals surface area contributed by atoms with Crippen LogP contribution < -0.4 is 4.74 Å². The summed E-state index contributed by atoms with van der Waals surface area (Å²) >= 11 is 3.40. The SMILES string of the molecule is CCOc1cccc(-c2nc3ncc(Br)cc3[nH]2)c1. The van der Waals surface area contributed by atoms with E-state index < -0.39 is 0 Å². The summed E-state index contributed by atoms with van der Waals surface area (Å²) in [6, 6.07) is 9.82. The normalized spacial score (nSPS) is 10.8. The average Bonchev–Trinajstić information content (AvgIpc) is 2.82. The molecule has 0 amide bonds. The predicted molar refractivity (Wildman–Crippen MR) is 78.2 cm³/mol. The monoisotopic (exact) mass is 317 g/mol. The molecule has 19 heavy (non-hydrogen) atoms. The Kier molecular flexibility index (Phi) is 3.21. The summed E-state index contributed by atoms with van der Waals surface area (Å²) < 4.78 is 6.43. The number of nitrogens with one attached hydrogen (secondary N) is 1. The number of H-pyrrole nitrogens is 1. The lowest BCUT2D eigenvalue weighted by Gasteiger charge is -2.03. The van der Waals surface area contributed by atoms with Gasteiger partial charge in [-0.05, 0) is 41.1 Å². The molecular formula is C14H12BrN3O. The molecule has 3 aromatic rings. The Hall–Kier alpha value is -1.88. The van der Waals surface area contributed by atoms with Crippen LogP contribution in [0.25, 0.3) is 22.6 Å². The molecule has 0 fully saturated rings. The fourth-order valence-electron chi connectivity index (χ4n) is 1.91. The molecule has 0 aliphatic rings. The van der Waals surface area contributed by atoms with Gasteiger partial charge in [0.1, 0.15) is 11.6 Å². The quantitative estimate of drug-likeness (QED) is 0.799. The highest BCUT2D eigenvalue weighted by Crippen LogP contribution is 2.24. The first kappa shape index (κ1) is 12.2. The van der Waals surface area contributed by atoms with E-state index in [-0.39, 0.29) is 0 Å². The largest absolute Gasteiger partial charge is 0.494 e. The van der Waals surface area contributed by atoms with Gasteiger partial charge in [0.05, 0.1) is 12.1 Å². The molecule has 1 N–H and O–H groups in total. The summed E-state index contributed by atoms with van der Waals surface area (Å²) in [5.74, 6) is 1.64. The van der Waals surface area contributed by atoms with Crippen molar-refractivity contribution in [2.24, 2.45) is 0 Å². The molecule has 3 rings (SSSR count). The van der Waals surface area contributed by atoms with Crippen LogP contribution in [-0.4, -0.2) is 21.6 Å². The summed E-state index contributed by atoms with van der Waals surface area (Å²) in [6.45, 7) is 2.62. The molecule has 0 unspecified atom stereocenters. The van der Waals surface area contributed by atoms with Crippen LogP contribution in [0.5, 0.6) is 5.75 Å². The van der Waals surface area contributed by atoms with Crippen LogP contribution in [0.1, 0.15) is 6.92 Å². The first-order valence-corrected chi connectivity index (χ1v) is 6.80. The van der Waals surface area contributed by atoms with Gasteiger partial charge >= 0.3 is 0 Å². The number of fused-ring (bicyclic) bond motifs is 1. The van der Waals surface area contributed by atoms with Crippen LogP contribution in [0.4, 0.5) is 0 Å². The summed E-state index contributed by atoms with van der Waals surface area (Å²) in [6.07, 6.45) is 1.74. The number of benzene rings is 1. The number of rotatable bonds is 3. The minimum absolute atomic E-state index is 0.651. The molecule has 1 aromatic carbocycles. The molecule has 0 bridgehead atoms. The number of aromatic amines is 1. The van der Waals surface area contributed by atoms with Gasteiger partial charge in [-0.25, -0.2) is 9.97 Å². The topological polar surface area (TPSA) is 50.8 Å². The van der Waals surface area contributed by atoms with Crippen molar-refractivity contribution < 1.29 is 4.74 Å². The molecule has 2 aromatic heterocycles. The number of ether oxygens (including phenoxy) is 1. The van der Waals surface area contributed by atoms with E-state index in [0.717, 1.165) is 27.1 Å². The Morgan fingerprint density at radius 2 is 2.21 bits per heavy atom. The maximum Gasteiger partial charge on any atom is 0.178 e. The number of hydrogen-bond acceptors (Lipinski definition) is 3. The first-order chi connectivity index (χ1) is 9.26. The molecule has 96 valence electrons. The summed E-state index contributed by atoms with van der Waals surface area (Å²) in [5, 5.41) is 0. The van der Waals surface area contributed by atoms with Gasteiger partial charge in [0, 0.05) is 16.2 Å². The molecule has 0 saturated heterocycles. The van der Waals surface area contributed by atoms with E-state index >= 15 is 0 Å². The fraction of sp³-hybridized carbons (Fsp3) is 0.143. The fourth-order valence-corrected chi connectivity index (χ4v) is 2.24. The Morgan fingerprint density at radius 3 is 3.05 bits per heavy atom. The summed E-state index contributed by atoms with van der Waals surface area (Å²) in [7, 11) is 0. The summed E-state index contributed by atoms with van der Waals surface area (Å²) in [5.41, 5.74) is 2.60. The van der Waals surface area contributed by atoms with Gasteiger partial charge in [-0.3, -0.25) is 0 Å². The number of nitrogens with zero attached hydrogens (tertiary/aromatic N) is 2. The van der Waals surface area contributed by atoms with Crippen LogP contribution in [-0.2, 0) is 0 Å². The van der Waals surface area contributed by atoms with E-state index in [9.17, 15) is 0 Å². The molecule has 4 nitrogen and oxygen atoms in total. The molecule has 0 saturated carbocycles. The zero-order valence-corrected chi connectivity index (χ0v) is 11.9. The lowest BCUT2D eigenvalue weighted by molar-refractivity contribution is 0.340. The highest BCUT2D eigenvalue weighted by molar-refractivity contribution is 9.10. The van der Waals surface area contributed by atoms with Crippen LogP contribution in [0.15, 0.2) is 41.0 Å². The number of hydrogen-bond donors (Lipinski definition) is 1. The Balaban J connectivity index is 2.05. The van der Waals surface area contributed by atoms with Gasteiger partial charge in [-0.2, -0.15) is 0 Å². The molecule has 0 aliphatic carbocycles. The standard InChI is InChI=1S/C14H12BrN3O/c1-2-19-11-5-3-4-9(6-11)13-17-12-7-10(15)8-16-14(12)18-13/h3-8H,2H2,1H3,(H,16,17,18). The minimum atomic E-state index is 0.651. The maximum absolute atomic E-state index is 5.50. The van der Waals surface area contributed by atoms with E-state index in [1.165, 1.54) is 0 Å². The van der Waals surface area contributed by atoms with Crippen molar-refractivity contribution >= 4 is 27.1 Å².